The Bertz CT molecular complexity index is 850. The molecule has 2 aromatic rings. The van der Waals surface area contributed by atoms with Gasteiger partial charge in [0, 0.05) is 12.6 Å². The molecular formula is C19H27N5O4. The van der Waals surface area contributed by atoms with E-state index >= 15 is 0 Å². The maximum Gasteiger partial charge on any atom is 0.167 e. The molecule has 0 bridgehead atoms. The number of aliphatic hydroxyl groups is 3. The molecule has 2 aromatic heterocycles. The largest absolute Gasteiger partial charge is 0.394 e. The minimum Gasteiger partial charge on any atom is -0.394 e. The molecule has 1 aliphatic carbocycles. The summed E-state index contributed by atoms with van der Waals surface area (Å²) in [6, 6.07) is 0.383. The molecular weight excluding hydrogens is 362 g/mol. The first kappa shape index (κ1) is 19.3. The maximum absolute atomic E-state index is 10.4. The van der Waals surface area contributed by atoms with Crippen LogP contribution in [0.15, 0.2) is 24.8 Å². The standard InChI is InChI=1S/C19H27N5O4/c1-11(2)7-23(12-5-3-4-6-12)17-14-18(21-9-20-17)24(10-22-14)19-16(27)15(26)13(8-25)28-19/h9-10,12-13,15-16,19,25-27H,1,3-8H2,2H3/t13-,15-,16-,19-/m1/s1. The SMILES string of the molecule is C=C(C)CN(c1ncnc2c1ncn2[C@@H]1O[C@H](CO)[C@@H](O)[C@H]1O)C1CCCC1. The first-order chi connectivity index (χ1) is 13.5. The van der Waals surface area contributed by atoms with Gasteiger partial charge in [0.05, 0.1) is 12.9 Å². The normalized spacial score (nSPS) is 28.3. The molecule has 0 unspecified atom stereocenters. The third kappa shape index (κ3) is 3.28. The number of anilines is 1. The Kier molecular flexibility index (Phi) is 5.33. The van der Waals surface area contributed by atoms with Crippen LogP contribution in [-0.4, -0.2) is 72.3 Å². The summed E-state index contributed by atoms with van der Waals surface area (Å²) in [5, 5.41) is 29.8. The van der Waals surface area contributed by atoms with Crippen LogP contribution < -0.4 is 4.90 Å². The molecule has 3 heterocycles. The molecule has 9 nitrogen and oxygen atoms in total. The van der Waals surface area contributed by atoms with Crippen molar-refractivity contribution in [1.82, 2.24) is 19.5 Å². The average molecular weight is 389 g/mol. The number of hydrogen-bond donors (Lipinski definition) is 3. The van der Waals surface area contributed by atoms with Crippen molar-refractivity contribution in [2.75, 3.05) is 18.1 Å². The second kappa shape index (κ2) is 7.75. The highest BCUT2D eigenvalue weighted by atomic mass is 16.6. The van der Waals surface area contributed by atoms with Gasteiger partial charge in [0.2, 0.25) is 0 Å². The highest BCUT2D eigenvalue weighted by Crippen LogP contribution is 2.34. The number of imidazole rings is 1. The van der Waals surface area contributed by atoms with Crippen LogP contribution in [0, 0.1) is 0 Å². The molecule has 3 N–H and O–H groups in total. The van der Waals surface area contributed by atoms with Crippen molar-refractivity contribution in [1.29, 1.82) is 0 Å². The summed E-state index contributed by atoms with van der Waals surface area (Å²) in [5.41, 5.74) is 2.18. The van der Waals surface area contributed by atoms with Crippen LogP contribution in [0.1, 0.15) is 38.8 Å². The lowest BCUT2D eigenvalue weighted by molar-refractivity contribution is -0.0511. The lowest BCUT2D eigenvalue weighted by Gasteiger charge is -2.30. The lowest BCUT2D eigenvalue weighted by Crippen LogP contribution is -2.35. The molecule has 28 heavy (non-hydrogen) atoms. The Morgan fingerprint density at radius 3 is 2.64 bits per heavy atom. The summed E-state index contributed by atoms with van der Waals surface area (Å²) in [6.45, 7) is 6.37. The van der Waals surface area contributed by atoms with E-state index in [0.717, 1.165) is 24.2 Å². The topological polar surface area (TPSA) is 117 Å². The Labute approximate surface area is 163 Å². The highest BCUT2D eigenvalue weighted by Gasteiger charge is 2.44. The number of nitrogens with zero attached hydrogens (tertiary/aromatic N) is 5. The number of ether oxygens (including phenoxy) is 1. The first-order valence-electron chi connectivity index (χ1n) is 9.72. The van der Waals surface area contributed by atoms with Gasteiger partial charge in [0.15, 0.2) is 23.2 Å². The predicted molar refractivity (Wildman–Crippen MR) is 103 cm³/mol. The van der Waals surface area contributed by atoms with E-state index in [1.165, 1.54) is 25.5 Å². The van der Waals surface area contributed by atoms with E-state index in [-0.39, 0.29) is 6.61 Å². The van der Waals surface area contributed by atoms with Crippen LogP contribution in [0.25, 0.3) is 11.2 Å². The summed E-state index contributed by atoms with van der Waals surface area (Å²) in [5.74, 6) is 0.741. The van der Waals surface area contributed by atoms with E-state index in [2.05, 4.69) is 26.4 Å². The molecule has 0 spiro atoms. The zero-order chi connectivity index (χ0) is 19.8. The lowest BCUT2D eigenvalue weighted by atomic mass is 10.1. The van der Waals surface area contributed by atoms with Gasteiger partial charge in [-0.2, -0.15) is 0 Å². The molecule has 1 saturated carbocycles. The molecule has 152 valence electrons. The van der Waals surface area contributed by atoms with Crippen molar-refractivity contribution in [2.45, 2.75) is 63.2 Å². The zero-order valence-corrected chi connectivity index (χ0v) is 16.0. The minimum atomic E-state index is -1.19. The van der Waals surface area contributed by atoms with Crippen molar-refractivity contribution >= 4 is 17.0 Å². The molecule has 2 aliphatic rings. The second-order valence-electron chi connectivity index (χ2n) is 7.77. The fourth-order valence-electron chi connectivity index (χ4n) is 4.23. The molecule has 1 aliphatic heterocycles. The van der Waals surface area contributed by atoms with Crippen LogP contribution in [0.3, 0.4) is 0 Å². The van der Waals surface area contributed by atoms with Crippen molar-refractivity contribution in [3.8, 4) is 0 Å². The van der Waals surface area contributed by atoms with Gasteiger partial charge in [-0.1, -0.05) is 25.0 Å². The third-order valence-corrected chi connectivity index (χ3v) is 5.61. The minimum absolute atomic E-state index is 0.379. The van der Waals surface area contributed by atoms with E-state index in [0.29, 0.717) is 23.8 Å². The van der Waals surface area contributed by atoms with Gasteiger partial charge in [0.1, 0.15) is 24.6 Å². The number of fused-ring (bicyclic) bond motifs is 1. The Hall–Kier alpha value is -2.07. The molecule has 4 atom stereocenters. The van der Waals surface area contributed by atoms with Gasteiger partial charge < -0.3 is 25.0 Å². The highest BCUT2D eigenvalue weighted by molar-refractivity contribution is 5.83. The number of rotatable bonds is 6. The van der Waals surface area contributed by atoms with Crippen LogP contribution in [0.5, 0.6) is 0 Å². The average Bonchev–Trinajstić information content (AvgIpc) is 3.40. The summed E-state index contributed by atoms with van der Waals surface area (Å²) in [6.07, 6.45) is 3.54. The van der Waals surface area contributed by atoms with Crippen molar-refractivity contribution < 1.29 is 20.1 Å². The third-order valence-electron chi connectivity index (χ3n) is 5.61. The van der Waals surface area contributed by atoms with Crippen molar-refractivity contribution in [2.24, 2.45) is 0 Å². The molecule has 2 fully saturated rings. The fourth-order valence-corrected chi connectivity index (χ4v) is 4.23. The molecule has 0 amide bonds. The summed E-state index contributed by atoms with van der Waals surface area (Å²) in [4.78, 5) is 15.6. The van der Waals surface area contributed by atoms with Crippen molar-refractivity contribution in [3.63, 3.8) is 0 Å². The second-order valence-corrected chi connectivity index (χ2v) is 7.77. The van der Waals surface area contributed by atoms with E-state index < -0.39 is 24.5 Å². The summed E-state index contributed by atoms with van der Waals surface area (Å²) < 4.78 is 7.23. The van der Waals surface area contributed by atoms with Crippen LogP contribution in [-0.2, 0) is 4.74 Å². The zero-order valence-electron chi connectivity index (χ0n) is 16.0. The first-order valence-corrected chi connectivity index (χ1v) is 9.72. The Morgan fingerprint density at radius 2 is 2.00 bits per heavy atom. The van der Waals surface area contributed by atoms with Crippen LogP contribution >= 0.6 is 0 Å². The van der Waals surface area contributed by atoms with Crippen LogP contribution in [0.2, 0.25) is 0 Å². The molecule has 4 rings (SSSR count). The van der Waals surface area contributed by atoms with Gasteiger partial charge in [-0.05, 0) is 19.8 Å². The predicted octanol–water partition coefficient (Wildman–Crippen LogP) is 0.763. The van der Waals surface area contributed by atoms with E-state index in [4.69, 9.17) is 4.74 Å². The van der Waals surface area contributed by atoms with Gasteiger partial charge in [-0.3, -0.25) is 4.57 Å². The molecule has 0 aromatic carbocycles. The summed E-state index contributed by atoms with van der Waals surface area (Å²) >= 11 is 0. The monoisotopic (exact) mass is 389 g/mol. The van der Waals surface area contributed by atoms with E-state index in [1.54, 1.807) is 4.57 Å². The van der Waals surface area contributed by atoms with Gasteiger partial charge in [-0.15, -0.1) is 0 Å². The maximum atomic E-state index is 10.4. The Morgan fingerprint density at radius 1 is 1.25 bits per heavy atom. The smallest absolute Gasteiger partial charge is 0.167 e. The quantitative estimate of drug-likeness (QED) is 0.620. The number of aromatic nitrogens is 4. The van der Waals surface area contributed by atoms with Gasteiger partial charge in [0.25, 0.3) is 0 Å². The van der Waals surface area contributed by atoms with Crippen molar-refractivity contribution in [3.05, 3.63) is 24.8 Å². The molecule has 1 saturated heterocycles. The Balaban J connectivity index is 1.73. The fraction of sp³-hybridized carbons (Fsp3) is 0.632. The van der Waals surface area contributed by atoms with E-state index in [9.17, 15) is 15.3 Å². The van der Waals surface area contributed by atoms with Gasteiger partial charge in [-0.25, -0.2) is 15.0 Å². The molecule has 9 heteroatoms. The number of hydrogen-bond acceptors (Lipinski definition) is 8. The molecule has 0 radical (unpaired) electrons. The van der Waals surface area contributed by atoms with Gasteiger partial charge >= 0.3 is 0 Å². The number of aliphatic hydroxyl groups excluding tert-OH is 3. The summed E-state index contributed by atoms with van der Waals surface area (Å²) in [7, 11) is 0. The van der Waals surface area contributed by atoms with E-state index in [1.807, 2.05) is 6.92 Å². The van der Waals surface area contributed by atoms with Crippen LogP contribution in [0.4, 0.5) is 5.82 Å².